The van der Waals surface area contributed by atoms with Gasteiger partial charge in [0.15, 0.2) is 0 Å². The maximum absolute atomic E-state index is 13.7. The van der Waals surface area contributed by atoms with Crippen molar-refractivity contribution >= 4 is 17.7 Å². The van der Waals surface area contributed by atoms with Crippen molar-refractivity contribution in [2.24, 2.45) is 17.8 Å². The third-order valence-corrected chi connectivity index (χ3v) is 7.92. The Labute approximate surface area is 220 Å². The third-order valence-electron chi connectivity index (χ3n) is 7.92. The van der Waals surface area contributed by atoms with E-state index in [1.807, 2.05) is 31.7 Å². The second kappa shape index (κ2) is 13.6. The van der Waals surface area contributed by atoms with Crippen LogP contribution in [0.2, 0.25) is 0 Å². The van der Waals surface area contributed by atoms with Crippen LogP contribution in [0.3, 0.4) is 0 Å². The molecule has 0 aromatic carbocycles. The number of hydrogen-bond acceptors (Lipinski definition) is 4. The van der Waals surface area contributed by atoms with Crippen LogP contribution in [0, 0.1) is 17.8 Å². The van der Waals surface area contributed by atoms with Crippen molar-refractivity contribution in [3.63, 3.8) is 0 Å². The van der Waals surface area contributed by atoms with Gasteiger partial charge in [0, 0.05) is 31.8 Å². The predicted octanol–water partition coefficient (Wildman–Crippen LogP) is 4.08. The summed E-state index contributed by atoms with van der Waals surface area (Å²) in [6.45, 7) is 18.9. The summed E-state index contributed by atoms with van der Waals surface area (Å²) in [5, 5.41) is 3.11. The molecular weight excluding hydrogens is 452 g/mol. The summed E-state index contributed by atoms with van der Waals surface area (Å²) in [4.78, 5) is 46.1. The number of amides is 3. The Kier molecular flexibility index (Phi) is 11.5. The molecule has 3 amide bonds. The summed E-state index contributed by atoms with van der Waals surface area (Å²) in [7, 11) is 1.80. The number of rotatable bonds is 9. The molecule has 2 aliphatic rings. The fourth-order valence-corrected chi connectivity index (χ4v) is 5.69. The third kappa shape index (κ3) is 7.80. The van der Waals surface area contributed by atoms with E-state index in [0.29, 0.717) is 11.5 Å². The van der Waals surface area contributed by atoms with E-state index in [2.05, 4.69) is 44.8 Å². The largest absolute Gasteiger partial charge is 0.343 e. The Morgan fingerprint density at radius 3 is 2.17 bits per heavy atom. The monoisotopic (exact) mass is 504 g/mol. The molecule has 0 saturated carbocycles. The minimum absolute atomic E-state index is 0.0469. The molecule has 1 N–H and O–H groups in total. The van der Waals surface area contributed by atoms with Crippen LogP contribution >= 0.6 is 0 Å². The second-order valence-electron chi connectivity index (χ2n) is 12.1. The summed E-state index contributed by atoms with van der Waals surface area (Å²) < 4.78 is 0. The van der Waals surface area contributed by atoms with Gasteiger partial charge in [-0.1, -0.05) is 47.1 Å². The first-order valence-electron chi connectivity index (χ1n) is 14.2. The van der Waals surface area contributed by atoms with Crippen molar-refractivity contribution in [1.29, 1.82) is 0 Å². The number of piperidine rings is 2. The number of carbonyl (C=O) groups is 3. The van der Waals surface area contributed by atoms with Crippen LogP contribution in [0.25, 0.3) is 0 Å². The first kappa shape index (κ1) is 30.3. The molecule has 2 heterocycles. The van der Waals surface area contributed by atoms with Crippen molar-refractivity contribution in [2.45, 2.75) is 112 Å². The van der Waals surface area contributed by atoms with Crippen LogP contribution in [-0.2, 0) is 14.4 Å². The normalized spacial score (nSPS) is 23.7. The molecule has 0 aliphatic carbocycles. The van der Waals surface area contributed by atoms with Gasteiger partial charge in [0.1, 0.15) is 6.04 Å². The molecule has 0 bridgehead atoms. The van der Waals surface area contributed by atoms with Gasteiger partial charge in [0.05, 0.1) is 12.1 Å². The number of nitrogens with one attached hydrogen (secondary N) is 1. The SMILES string of the molecule is C/C(=C\[C@H](C(C)C)N(C)C(=O)[C@@H](NC(=O)[C@H]1CCCCN1C(C)C)C(C)C)C(=O)N1CCCC(C)C1. The first-order valence-corrected chi connectivity index (χ1v) is 14.2. The van der Waals surface area contributed by atoms with Gasteiger partial charge in [-0.15, -0.1) is 0 Å². The van der Waals surface area contributed by atoms with E-state index < -0.39 is 6.04 Å². The maximum Gasteiger partial charge on any atom is 0.249 e. The van der Waals surface area contributed by atoms with Crippen LogP contribution in [0.4, 0.5) is 0 Å². The lowest BCUT2D eigenvalue weighted by atomic mass is 9.95. The smallest absolute Gasteiger partial charge is 0.249 e. The van der Waals surface area contributed by atoms with Crippen molar-refractivity contribution in [3.05, 3.63) is 11.6 Å². The number of hydrogen-bond donors (Lipinski definition) is 1. The Morgan fingerprint density at radius 2 is 1.61 bits per heavy atom. The van der Waals surface area contributed by atoms with Gasteiger partial charge in [0.25, 0.3) is 0 Å². The molecule has 1 unspecified atom stereocenters. The highest BCUT2D eigenvalue weighted by molar-refractivity contribution is 5.93. The fourth-order valence-electron chi connectivity index (χ4n) is 5.69. The standard InChI is InChI=1S/C29H52N4O3/c1-19(2)25(17-23(8)28(35)32-15-12-13-22(7)18-32)31(9)29(36)26(20(3)4)30-27(34)24-14-10-11-16-33(24)21(5)6/h17,19-22,24-26H,10-16,18H2,1-9H3,(H,30,34)/b23-17+/t22?,24-,25-,26+/m1/s1. The maximum atomic E-state index is 13.7. The van der Waals surface area contributed by atoms with E-state index in [9.17, 15) is 14.4 Å². The molecule has 2 rings (SSSR count). The molecule has 0 aromatic rings. The zero-order chi connectivity index (χ0) is 27.2. The van der Waals surface area contributed by atoms with Gasteiger partial charge < -0.3 is 15.1 Å². The predicted molar refractivity (Wildman–Crippen MR) is 146 cm³/mol. The highest BCUT2D eigenvalue weighted by atomic mass is 16.2. The van der Waals surface area contributed by atoms with E-state index in [1.165, 1.54) is 0 Å². The van der Waals surface area contributed by atoms with Crippen molar-refractivity contribution in [3.8, 4) is 0 Å². The average Bonchev–Trinajstić information content (AvgIpc) is 2.83. The molecule has 7 heteroatoms. The minimum atomic E-state index is -0.605. The fraction of sp³-hybridized carbons (Fsp3) is 0.828. The summed E-state index contributed by atoms with van der Waals surface area (Å²) in [5.74, 6) is 0.507. The van der Waals surface area contributed by atoms with E-state index in [4.69, 9.17) is 0 Å². The molecule has 0 aromatic heterocycles. The average molecular weight is 505 g/mol. The van der Waals surface area contributed by atoms with Gasteiger partial charge in [-0.25, -0.2) is 0 Å². The molecule has 7 nitrogen and oxygen atoms in total. The molecule has 0 radical (unpaired) electrons. The summed E-state index contributed by atoms with van der Waals surface area (Å²) in [6, 6.07) is -0.739. The lowest BCUT2D eigenvalue weighted by Gasteiger charge is -2.39. The van der Waals surface area contributed by atoms with Gasteiger partial charge in [-0.3, -0.25) is 19.3 Å². The lowest BCUT2D eigenvalue weighted by Crippen LogP contribution is -2.58. The van der Waals surface area contributed by atoms with E-state index >= 15 is 0 Å². The van der Waals surface area contributed by atoms with Crippen LogP contribution < -0.4 is 5.32 Å². The van der Waals surface area contributed by atoms with Gasteiger partial charge in [0.2, 0.25) is 17.7 Å². The zero-order valence-electron chi connectivity index (χ0n) is 24.3. The number of likely N-dealkylation sites (tertiary alicyclic amines) is 2. The van der Waals surface area contributed by atoms with E-state index in [0.717, 1.165) is 51.7 Å². The molecular formula is C29H52N4O3. The zero-order valence-corrected chi connectivity index (χ0v) is 24.3. The molecule has 2 fully saturated rings. The molecule has 36 heavy (non-hydrogen) atoms. The Balaban J connectivity index is 2.18. The van der Waals surface area contributed by atoms with Crippen molar-refractivity contribution in [1.82, 2.24) is 20.0 Å². The number of carbonyl (C=O) groups excluding carboxylic acids is 3. The topological polar surface area (TPSA) is 73.0 Å². The molecule has 2 aliphatic heterocycles. The first-order chi connectivity index (χ1) is 16.8. The lowest BCUT2D eigenvalue weighted by molar-refractivity contribution is -0.140. The van der Waals surface area contributed by atoms with E-state index in [1.54, 1.807) is 11.9 Å². The minimum Gasteiger partial charge on any atom is -0.343 e. The highest BCUT2D eigenvalue weighted by Gasteiger charge is 2.36. The van der Waals surface area contributed by atoms with Crippen LogP contribution in [-0.4, -0.2) is 83.3 Å². The highest BCUT2D eigenvalue weighted by Crippen LogP contribution is 2.22. The number of likely N-dealkylation sites (N-methyl/N-ethyl adjacent to an activating group) is 1. The van der Waals surface area contributed by atoms with Crippen LogP contribution in [0.5, 0.6) is 0 Å². The second-order valence-corrected chi connectivity index (χ2v) is 12.1. The molecule has 2 saturated heterocycles. The van der Waals surface area contributed by atoms with Crippen LogP contribution in [0.1, 0.15) is 87.5 Å². The van der Waals surface area contributed by atoms with Gasteiger partial charge >= 0.3 is 0 Å². The summed E-state index contributed by atoms with van der Waals surface area (Å²) in [6.07, 6.45) is 7.12. The number of nitrogens with zero attached hydrogens (tertiary/aromatic N) is 3. The van der Waals surface area contributed by atoms with Crippen molar-refractivity contribution < 1.29 is 14.4 Å². The van der Waals surface area contributed by atoms with Gasteiger partial charge in [-0.2, -0.15) is 0 Å². The molecule has 0 spiro atoms. The van der Waals surface area contributed by atoms with Crippen molar-refractivity contribution in [2.75, 3.05) is 26.7 Å². The Morgan fingerprint density at radius 1 is 0.944 bits per heavy atom. The van der Waals surface area contributed by atoms with Crippen LogP contribution in [0.15, 0.2) is 11.6 Å². The molecule has 4 atom stereocenters. The van der Waals surface area contributed by atoms with Gasteiger partial charge in [-0.05, 0) is 70.8 Å². The summed E-state index contributed by atoms with van der Waals surface area (Å²) >= 11 is 0. The Hall–Kier alpha value is -1.89. The summed E-state index contributed by atoms with van der Waals surface area (Å²) in [5.41, 5.74) is 0.683. The Bertz CT molecular complexity index is 791. The molecule has 206 valence electrons. The quantitative estimate of drug-likeness (QED) is 0.480. The van der Waals surface area contributed by atoms with E-state index in [-0.39, 0.29) is 47.7 Å².